The number of anilines is 1. The zero-order chi connectivity index (χ0) is 53.0. The van der Waals surface area contributed by atoms with Crippen LogP contribution in [0.3, 0.4) is 0 Å². The van der Waals surface area contributed by atoms with Crippen LogP contribution in [0.15, 0.2) is 71.1 Å². The van der Waals surface area contributed by atoms with Crippen molar-refractivity contribution in [3.8, 4) is 0 Å². The zero-order valence-electron chi connectivity index (χ0n) is 43.2. The second kappa shape index (κ2) is 24.6. The van der Waals surface area contributed by atoms with Gasteiger partial charge < -0.3 is 37.1 Å². The van der Waals surface area contributed by atoms with Crippen LogP contribution in [0.2, 0.25) is 0 Å². The Labute approximate surface area is 409 Å². The molecule has 0 spiro atoms. The van der Waals surface area contributed by atoms with Crippen molar-refractivity contribution >= 4 is 57.2 Å². The second-order valence-corrected chi connectivity index (χ2v) is 22.6. The van der Waals surface area contributed by atoms with Gasteiger partial charge in [-0.2, -0.15) is 0 Å². The van der Waals surface area contributed by atoms with Crippen LogP contribution in [0.25, 0.3) is 0 Å². The summed E-state index contributed by atoms with van der Waals surface area (Å²) in [5, 5.41) is 8.12. The normalized spacial score (nSPS) is 14.7. The van der Waals surface area contributed by atoms with E-state index in [-0.39, 0.29) is 53.2 Å². The molecule has 0 aliphatic carbocycles. The largest absolute Gasteiger partial charge is 0.444 e. The Morgan fingerprint density at radius 2 is 1.36 bits per heavy atom. The van der Waals surface area contributed by atoms with Crippen molar-refractivity contribution in [1.82, 2.24) is 25.2 Å². The van der Waals surface area contributed by atoms with Crippen LogP contribution in [0, 0.1) is 23.2 Å². The molecule has 2 aromatic rings. The maximum atomic E-state index is 14.6. The van der Waals surface area contributed by atoms with Gasteiger partial charge in [-0.15, -0.1) is 0 Å². The highest BCUT2D eigenvalue weighted by molar-refractivity contribution is 7.90. The zero-order valence-corrected chi connectivity index (χ0v) is 44.0. The maximum Gasteiger partial charge on any atom is 0.410 e. The highest BCUT2D eigenvalue weighted by atomic mass is 32.2. The van der Waals surface area contributed by atoms with Crippen LogP contribution in [0.1, 0.15) is 115 Å². The number of sulfonamides is 1. The number of hydrogen-bond donors (Lipinski definition) is 6. The minimum atomic E-state index is -4.45. The molecule has 0 saturated carbocycles. The Morgan fingerprint density at radius 1 is 0.797 bits per heavy atom. The van der Waals surface area contributed by atoms with Crippen molar-refractivity contribution < 1.29 is 46.7 Å². The van der Waals surface area contributed by atoms with Crippen LogP contribution < -0.4 is 32.1 Å². The Balaban J connectivity index is 2.36. The van der Waals surface area contributed by atoms with E-state index < -0.39 is 92.3 Å². The Morgan fingerprint density at radius 3 is 1.86 bits per heavy atom. The van der Waals surface area contributed by atoms with Crippen LogP contribution in [0.4, 0.5) is 15.3 Å². The minimum absolute atomic E-state index is 0.00962. The number of primary amides is 1. The van der Waals surface area contributed by atoms with Gasteiger partial charge in [-0.3, -0.25) is 28.9 Å². The minimum Gasteiger partial charge on any atom is -0.444 e. The lowest BCUT2D eigenvalue weighted by atomic mass is 9.76. The smallest absolute Gasteiger partial charge is 0.410 e. The summed E-state index contributed by atoms with van der Waals surface area (Å²) in [4.78, 5) is 96.0. The van der Waals surface area contributed by atoms with Gasteiger partial charge in [-0.05, 0) is 87.6 Å². The van der Waals surface area contributed by atoms with E-state index in [9.17, 15) is 42.0 Å². The maximum absolute atomic E-state index is 14.6. The van der Waals surface area contributed by atoms with Crippen molar-refractivity contribution in [1.29, 1.82) is 0 Å². The van der Waals surface area contributed by atoms with Gasteiger partial charge in [0, 0.05) is 49.7 Å². The average molecular weight is 983 g/mol. The first-order chi connectivity index (χ1) is 31.6. The SMILES string of the molecule is C/C(=C\[C@H](C(C)C)N(C)C(=O)[C@@H](NC(=O)[C@@H](N(C)C(=O)OC(C)(C)C)C(C)(C)c1ccccc1)C(C)(C)C)C(=O)NS(=O)(=O)c1ccc(NC(=O)[C@H](CCCNC(N)=O)CC(=O)[C@@H](N)C(C)C)cc1. The lowest BCUT2D eigenvalue weighted by Crippen LogP contribution is -2.63. The van der Waals surface area contributed by atoms with Crippen LogP contribution in [-0.2, 0) is 44.1 Å². The number of nitrogens with zero attached hydrogens (tertiary/aromatic N) is 2. The Kier molecular flexibility index (Phi) is 21.2. The number of nitrogens with one attached hydrogen (secondary N) is 4. The first-order valence-corrected chi connectivity index (χ1v) is 24.7. The Bertz CT molecular complexity index is 2270. The number of rotatable bonds is 22. The van der Waals surface area contributed by atoms with E-state index in [0.29, 0.717) is 6.42 Å². The number of Topliss-reactive ketones (excluding diaryl/α,β-unsaturated/α-hetero) is 1. The fraction of sp³-hybridized carbons (Fsp3) is 0.580. The number of benzene rings is 2. The molecule has 0 bridgehead atoms. The predicted molar refractivity (Wildman–Crippen MR) is 267 cm³/mol. The monoisotopic (exact) mass is 983 g/mol. The van der Waals surface area contributed by atoms with Crippen molar-refractivity contribution in [3.05, 3.63) is 71.8 Å². The molecule has 0 fully saturated rings. The number of likely N-dealkylation sites (N-methyl/N-ethyl adjacent to an activating group) is 2. The molecule has 2 rings (SSSR count). The number of carbonyl (C=O) groups excluding carboxylic acids is 7. The quantitative estimate of drug-likeness (QED) is 0.0624. The molecule has 0 aromatic heterocycles. The van der Waals surface area contributed by atoms with E-state index in [1.807, 2.05) is 58.0 Å². The fourth-order valence-corrected chi connectivity index (χ4v) is 8.63. The number of hydrogen-bond acceptors (Lipinski definition) is 11. The molecule has 5 atom stereocenters. The van der Waals surface area contributed by atoms with Crippen molar-refractivity contribution in [3.63, 3.8) is 0 Å². The molecule has 0 aliphatic heterocycles. The first kappa shape index (κ1) is 59.3. The van der Waals surface area contributed by atoms with Gasteiger partial charge in [0.25, 0.3) is 15.9 Å². The van der Waals surface area contributed by atoms with Gasteiger partial charge in [-0.1, -0.05) is 98.7 Å². The molecule has 69 heavy (non-hydrogen) atoms. The van der Waals surface area contributed by atoms with Gasteiger partial charge >= 0.3 is 12.1 Å². The number of urea groups is 1. The van der Waals surface area contributed by atoms with Crippen LogP contribution in [0.5, 0.6) is 0 Å². The summed E-state index contributed by atoms with van der Waals surface area (Å²) in [6.07, 6.45) is 1.20. The fourth-order valence-electron chi connectivity index (χ4n) is 7.62. The van der Waals surface area contributed by atoms with E-state index in [1.165, 1.54) is 61.2 Å². The molecular formula is C50H78N8O10S. The summed E-state index contributed by atoms with van der Waals surface area (Å²) >= 11 is 0. The molecule has 18 nitrogen and oxygen atoms in total. The molecule has 0 unspecified atom stereocenters. The molecule has 19 heteroatoms. The molecule has 0 saturated heterocycles. The molecule has 0 heterocycles. The number of amides is 7. The topological polar surface area (TPSA) is 270 Å². The molecule has 0 radical (unpaired) electrons. The molecular weight excluding hydrogens is 905 g/mol. The van der Waals surface area contributed by atoms with Crippen molar-refractivity contribution in [2.75, 3.05) is 26.0 Å². The van der Waals surface area contributed by atoms with Gasteiger partial charge in [-0.25, -0.2) is 22.7 Å². The second-order valence-electron chi connectivity index (χ2n) is 20.9. The van der Waals surface area contributed by atoms with Gasteiger partial charge in [0.15, 0.2) is 5.78 Å². The van der Waals surface area contributed by atoms with Crippen molar-refractivity contribution in [2.45, 2.75) is 149 Å². The van der Waals surface area contributed by atoms with E-state index in [4.69, 9.17) is 16.2 Å². The molecule has 0 aliphatic rings. The third kappa shape index (κ3) is 17.6. The average Bonchev–Trinajstić information content (AvgIpc) is 3.23. The van der Waals surface area contributed by atoms with Crippen molar-refractivity contribution in [2.24, 2.45) is 34.6 Å². The molecule has 8 N–H and O–H groups in total. The molecule has 2 aromatic carbocycles. The molecule has 384 valence electrons. The summed E-state index contributed by atoms with van der Waals surface area (Å²) < 4.78 is 34.7. The summed E-state index contributed by atoms with van der Waals surface area (Å²) in [6, 6.07) is 9.81. The van der Waals surface area contributed by atoms with Gasteiger partial charge in [0.05, 0.1) is 17.0 Å². The first-order valence-electron chi connectivity index (χ1n) is 23.2. The Hall–Kier alpha value is -5.82. The lowest BCUT2D eigenvalue weighted by Gasteiger charge is -2.42. The summed E-state index contributed by atoms with van der Waals surface area (Å²) in [5.74, 6) is -4.10. The summed E-state index contributed by atoms with van der Waals surface area (Å²) in [6.45, 7) is 23.1. The van der Waals surface area contributed by atoms with Gasteiger partial charge in [0.1, 0.15) is 17.7 Å². The highest BCUT2D eigenvalue weighted by Gasteiger charge is 2.46. The van der Waals surface area contributed by atoms with Gasteiger partial charge in [0.2, 0.25) is 17.7 Å². The summed E-state index contributed by atoms with van der Waals surface area (Å²) in [5.41, 5.74) is 9.49. The lowest BCUT2D eigenvalue weighted by molar-refractivity contribution is -0.141. The third-order valence-corrected chi connectivity index (χ3v) is 13.1. The predicted octanol–water partition coefficient (Wildman–Crippen LogP) is 5.61. The number of carbonyl (C=O) groups is 7. The molecule has 7 amide bonds. The van der Waals surface area contributed by atoms with E-state index in [2.05, 4.69) is 20.7 Å². The summed E-state index contributed by atoms with van der Waals surface area (Å²) in [7, 11) is -1.42. The van der Waals surface area contributed by atoms with Crippen LogP contribution >= 0.6 is 0 Å². The van der Waals surface area contributed by atoms with Crippen LogP contribution in [-0.4, -0.2) is 110 Å². The number of ketones is 1. The highest BCUT2D eigenvalue weighted by Crippen LogP contribution is 2.33. The van der Waals surface area contributed by atoms with E-state index in [1.54, 1.807) is 55.4 Å². The standard InChI is InChI=1S/C50H78N8O10S/c1-30(2)37(57(14)45(63)40(48(6,7)8)55-44(62)41(58(15)47(65)68-49(9,10)11)50(12,13)34-21-17-16-18-22-34)28-32(5)42(60)56-69(66,67)36-25-23-35(24-26-36)54-43(61)33(20-19-27-53-46(52)64)29-38(59)39(51)31(3)4/h16-18,21-26,28,30-31,33,37,39-41H,19-20,27,29,51H2,1-15H3,(H,54,61)(H,55,62)(H,56,60)(H3,52,53,64)/b32-28+/t33-,37-,39+,40-,41-/m1/s1. The number of ether oxygens (including phenoxy) is 1. The van der Waals surface area contributed by atoms with E-state index >= 15 is 0 Å². The third-order valence-electron chi connectivity index (χ3n) is 11.8. The number of nitrogens with two attached hydrogens (primary N) is 2. The van der Waals surface area contributed by atoms with E-state index in [0.717, 1.165) is 5.56 Å².